The second kappa shape index (κ2) is 4.70. The lowest BCUT2D eigenvalue weighted by Gasteiger charge is -2.23. The molecule has 1 N–H and O–H groups in total. The van der Waals surface area contributed by atoms with Crippen molar-refractivity contribution in [2.75, 3.05) is 20.2 Å². The van der Waals surface area contributed by atoms with E-state index in [0.717, 1.165) is 13.1 Å². The Morgan fingerprint density at radius 2 is 2.38 bits per heavy atom. The largest absolute Gasteiger partial charge is 0.464 e. The fraction of sp³-hybridized carbons (Fsp3) is 0.583. The van der Waals surface area contributed by atoms with E-state index in [2.05, 4.69) is 5.32 Å². The highest BCUT2D eigenvalue weighted by molar-refractivity contribution is 5.87. The first-order chi connectivity index (χ1) is 7.74. The number of methoxy groups -OCH3 is 1. The summed E-state index contributed by atoms with van der Waals surface area (Å²) < 4.78 is 6.69. The Morgan fingerprint density at radius 1 is 1.56 bits per heavy atom. The zero-order valence-electron chi connectivity index (χ0n) is 9.82. The molecule has 1 aromatic rings. The highest BCUT2D eigenvalue weighted by Gasteiger charge is 2.20. The highest BCUT2D eigenvalue weighted by Crippen LogP contribution is 2.24. The van der Waals surface area contributed by atoms with E-state index in [1.54, 1.807) is 0 Å². The van der Waals surface area contributed by atoms with E-state index in [1.165, 1.54) is 25.6 Å². The zero-order chi connectivity index (χ0) is 11.5. The molecule has 1 fully saturated rings. The average Bonchev–Trinajstić information content (AvgIpc) is 2.71. The van der Waals surface area contributed by atoms with Gasteiger partial charge in [-0.1, -0.05) is 0 Å². The predicted octanol–water partition coefficient (Wildman–Crippen LogP) is 1.28. The van der Waals surface area contributed by atoms with Crippen LogP contribution in [0.15, 0.2) is 12.1 Å². The van der Waals surface area contributed by atoms with Gasteiger partial charge in [0.1, 0.15) is 5.69 Å². The monoisotopic (exact) mass is 222 g/mol. The van der Waals surface area contributed by atoms with Gasteiger partial charge in [-0.2, -0.15) is 0 Å². The fourth-order valence-electron chi connectivity index (χ4n) is 2.35. The Bertz CT molecular complexity index is 378. The molecule has 4 nitrogen and oxygen atoms in total. The minimum absolute atomic E-state index is 0.266. The van der Waals surface area contributed by atoms with Crippen LogP contribution in [0.3, 0.4) is 0 Å². The summed E-state index contributed by atoms with van der Waals surface area (Å²) >= 11 is 0. The molecule has 1 aliphatic rings. The average molecular weight is 222 g/mol. The first kappa shape index (κ1) is 11.2. The van der Waals surface area contributed by atoms with Crippen LogP contribution in [-0.4, -0.2) is 30.7 Å². The summed E-state index contributed by atoms with van der Waals surface area (Å²) in [6.45, 7) is 2.10. The third-order valence-corrected chi connectivity index (χ3v) is 3.27. The Labute approximate surface area is 95.6 Å². The molecule has 1 unspecified atom stereocenters. The van der Waals surface area contributed by atoms with E-state index in [0.29, 0.717) is 11.6 Å². The molecule has 0 spiro atoms. The van der Waals surface area contributed by atoms with Crippen LogP contribution in [0.2, 0.25) is 0 Å². The number of hydrogen-bond donors (Lipinski definition) is 1. The van der Waals surface area contributed by atoms with Crippen molar-refractivity contribution in [2.24, 2.45) is 7.05 Å². The van der Waals surface area contributed by atoms with Gasteiger partial charge in [-0.25, -0.2) is 4.79 Å². The molecule has 1 saturated heterocycles. The van der Waals surface area contributed by atoms with Crippen molar-refractivity contribution in [1.29, 1.82) is 0 Å². The molecule has 0 amide bonds. The zero-order valence-corrected chi connectivity index (χ0v) is 9.82. The molecule has 16 heavy (non-hydrogen) atoms. The summed E-state index contributed by atoms with van der Waals surface area (Å²) in [6, 6.07) is 3.87. The van der Waals surface area contributed by atoms with Crippen molar-refractivity contribution in [3.05, 3.63) is 23.5 Å². The van der Waals surface area contributed by atoms with Gasteiger partial charge in [0, 0.05) is 25.2 Å². The Morgan fingerprint density at radius 3 is 3.00 bits per heavy atom. The number of aromatic nitrogens is 1. The van der Waals surface area contributed by atoms with Gasteiger partial charge in [-0.3, -0.25) is 0 Å². The van der Waals surface area contributed by atoms with Gasteiger partial charge in [-0.15, -0.1) is 0 Å². The summed E-state index contributed by atoms with van der Waals surface area (Å²) in [4.78, 5) is 11.5. The molecule has 1 aromatic heterocycles. The van der Waals surface area contributed by atoms with Crippen molar-refractivity contribution in [3.63, 3.8) is 0 Å². The molecule has 2 heterocycles. The van der Waals surface area contributed by atoms with E-state index in [-0.39, 0.29) is 5.97 Å². The molecule has 88 valence electrons. The maximum Gasteiger partial charge on any atom is 0.354 e. The molecular weight excluding hydrogens is 204 g/mol. The first-order valence-electron chi connectivity index (χ1n) is 5.68. The third-order valence-electron chi connectivity index (χ3n) is 3.27. The lowest BCUT2D eigenvalue weighted by atomic mass is 9.96. The number of piperidine rings is 1. The fourth-order valence-corrected chi connectivity index (χ4v) is 2.35. The number of carbonyl (C=O) groups is 1. The van der Waals surface area contributed by atoms with Crippen LogP contribution in [0.1, 0.15) is 34.9 Å². The van der Waals surface area contributed by atoms with Crippen molar-refractivity contribution in [2.45, 2.75) is 18.8 Å². The van der Waals surface area contributed by atoms with Crippen molar-refractivity contribution >= 4 is 5.97 Å². The minimum atomic E-state index is -0.266. The van der Waals surface area contributed by atoms with Gasteiger partial charge >= 0.3 is 5.97 Å². The summed E-state index contributed by atoms with van der Waals surface area (Å²) in [6.07, 6.45) is 2.38. The molecule has 0 radical (unpaired) electrons. The third kappa shape index (κ3) is 1.97. The standard InChI is InChI=1S/C12H18N2O2/c1-14-10(9-4-3-7-13-8-9)5-6-11(14)12(15)16-2/h5-6,9,13H,3-4,7-8H2,1-2H3. The molecular formula is C12H18N2O2. The van der Waals surface area contributed by atoms with Gasteiger partial charge in [0.05, 0.1) is 7.11 Å². The van der Waals surface area contributed by atoms with E-state index in [9.17, 15) is 4.79 Å². The lowest BCUT2D eigenvalue weighted by molar-refractivity contribution is 0.0589. The molecule has 1 atom stereocenters. The highest BCUT2D eigenvalue weighted by atomic mass is 16.5. The second-order valence-electron chi connectivity index (χ2n) is 4.24. The van der Waals surface area contributed by atoms with Crippen LogP contribution < -0.4 is 5.32 Å². The maximum absolute atomic E-state index is 11.5. The van der Waals surface area contributed by atoms with Gasteiger partial charge in [-0.05, 0) is 31.5 Å². The van der Waals surface area contributed by atoms with Gasteiger partial charge in [0.25, 0.3) is 0 Å². The smallest absolute Gasteiger partial charge is 0.354 e. The van der Waals surface area contributed by atoms with Crippen LogP contribution in [0.5, 0.6) is 0 Å². The minimum Gasteiger partial charge on any atom is -0.464 e. The van der Waals surface area contributed by atoms with Crippen LogP contribution in [0.25, 0.3) is 0 Å². The lowest BCUT2D eigenvalue weighted by Crippen LogP contribution is -2.29. The summed E-state index contributed by atoms with van der Waals surface area (Å²) in [5, 5.41) is 3.38. The topological polar surface area (TPSA) is 43.3 Å². The van der Waals surface area contributed by atoms with E-state index < -0.39 is 0 Å². The number of nitrogens with zero attached hydrogens (tertiary/aromatic N) is 1. The van der Waals surface area contributed by atoms with Crippen LogP contribution in [-0.2, 0) is 11.8 Å². The number of rotatable bonds is 2. The van der Waals surface area contributed by atoms with E-state index in [4.69, 9.17) is 4.74 Å². The van der Waals surface area contributed by atoms with Crippen molar-refractivity contribution < 1.29 is 9.53 Å². The van der Waals surface area contributed by atoms with Crippen LogP contribution >= 0.6 is 0 Å². The normalized spacial score (nSPS) is 20.8. The Hall–Kier alpha value is -1.29. The van der Waals surface area contributed by atoms with Crippen molar-refractivity contribution in [1.82, 2.24) is 9.88 Å². The Balaban J connectivity index is 2.21. The predicted molar refractivity (Wildman–Crippen MR) is 61.6 cm³/mol. The van der Waals surface area contributed by atoms with Crippen LogP contribution in [0.4, 0.5) is 0 Å². The van der Waals surface area contributed by atoms with Gasteiger partial charge in [0.15, 0.2) is 0 Å². The summed E-state index contributed by atoms with van der Waals surface area (Å²) in [5.41, 5.74) is 1.84. The van der Waals surface area contributed by atoms with Gasteiger partial charge in [0.2, 0.25) is 0 Å². The molecule has 2 rings (SSSR count). The molecule has 1 aliphatic heterocycles. The van der Waals surface area contributed by atoms with Gasteiger partial charge < -0.3 is 14.6 Å². The first-order valence-corrected chi connectivity index (χ1v) is 5.68. The summed E-state index contributed by atoms with van der Waals surface area (Å²) in [7, 11) is 3.34. The van der Waals surface area contributed by atoms with Crippen LogP contribution in [0, 0.1) is 0 Å². The molecule has 0 bridgehead atoms. The number of esters is 1. The SMILES string of the molecule is COC(=O)c1ccc(C2CCCNC2)n1C. The number of ether oxygens (including phenoxy) is 1. The molecule has 0 aromatic carbocycles. The molecule has 0 saturated carbocycles. The molecule has 0 aliphatic carbocycles. The van der Waals surface area contributed by atoms with Crippen molar-refractivity contribution in [3.8, 4) is 0 Å². The molecule has 4 heteroatoms. The van der Waals surface area contributed by atoms with E-state index in [1.807, 2.05) is 23.7 Å². The quantitative estimate of drug-likeness (QED) is 0.766. The summed E-state index contributed by atoms with van der Waals surface area (Å²) in [5.74, 6) is 0.245. The number of carbonyl (C=O) groups excluding carboxylic acids is 1. The second-order valence-corrected chi connectivity index (χ2v) is 4.24. The number of nitrogens with one attached hydrogen (secondary N) is 1. The maximum atomic E-state index is 11.5. The van der Waals surface area contributed by atoms with E-state index >= 15 is 0 Å². The number of hydrogen-bond acceptors (Lipinski definition) is 3. The Kier molecular flexibility index (Phi) is 3.29.